The lowest BCUT2D eigenvalue weighted by atomic mass is 10.2. The van der Waals surface area contributed by atoms with E-state index >= 15 is 0 Å². The Labute approximate surface area is 122 Å². The zero-order chi connectivity index (χ0) is 15.1. The van der Waals surface area contributed by atoms with Crippen LogP contribution in [0.25, 0.3) is 0 Å². The van der Waals surface area contributed by atoms with Crippen molar-refractivity contribution in [2.75, 3.05) is 6.61 Å². The van der Waals surface area contributed by atoms with Gasteiger partial charge in [0.05, 0.1) is 6.26 Å². The third kappa shape index (κ3) is 4.38. The van der Waals surface area contributed by atoms with E-state index in [0.29, 0.717) is 5.75 Å². The van der Waals surface area contributed by atoms with E-state index in [4.69, 9.17) is 9.15 Å². The van der Waals surface area contributed by atoms with Crippen molar-refractivity contribution in [1.82, 2.24) is 10.9 Å². The van der Waals surface area contributed by atoms with Crippen LogP contribution in [0.3, 0.4) is 0 Å². The number of carbonyl (C=O) groups excluding carboxylic acids is 2. The third-order valence-electron chi connectivity index (χ3n) is 2.76. The van der Waals surface area contributed by atoms with Crippen molar-refractivity contribution in [2.24, 2.45) is 0 Å². The smallest absolute Gasteiger partial charge is 0.305 e. The van der Waals surface area contributed by atoms with Gasteiger partial charge in [0.1, 0.15) is 5.75 Å². The first-order valence-corrected chi connectivity index (χ1v) is 6.53. The molecule has 0 spiro atoms. The number of furan rings is 1. The minimum atomic E-state index is -0.527. The molecule has 2 N–H and O–H groups in total. The van der Waals surface area contributed by atoms with Gasteiger partial charge in [-0.25, -0.2) is 0 Å². The zero-order valence-corrected chi connectivity index (χ0v) is 11.6. The summed E-state index contributed by atoms with van der Waals surface area (Å²) in [5.74, 6) is -0.277. The first-order chi connectivity index (χ1) is 10.2. The molecule has 0 aliphatic rings. The average molecular weight is 288 g/mol. The van der Waals surface area contributed by atoms with Crippen LogP contribution >= 0.6 is 0 Å². The molecule has 2 amide bonds. The molecule has 0 radical (unpaired) electrons. The second kappa shape index (κ2) is 7.14. The molecular formula is C15H16N2O4. The highest BCUT2D eigenvalue weighted by molar-refractivity contribution is 5.92. The Hall–Kier alpha value is -2.76. The minimum absolute atomic E-state index is 0.117. The summed E-state index contributed by atoms with van der Waals surface area (Å²) in [6.07, 6.45) is 2.32. The molecule has 6 heteroatoms. The average Bonchev–Trinajstić information content (AvgIpc) is 3.05. The van der Waals surface area contributed by atoms with Crippen LogP contribution in [-0.4, -0.2) is 18.4 Å². The van der Waals surface area contributed by atoms with Crippen molar-refractivity contribution in [1.29, 1.82) is 0 Å². The monoisotopic (exact) mass is 288 g/mol. The maximum atomic E-state index is 11.5. The SMILES string of the molecule is CCc1ccc(OCC(=O)NNC(=O)c2ccco2)cc1. The van der Waals surface area contributed by atoms with E-state index in [9.17, 15) is 9.59 Å². The minimum Gasteiger partial charge on any atom is -0.484 e. The van der Waals surface area contributed by atoms with Crippen LogP contribution in [-0.2, 0) is 11.2 Å². The molecule has 110 valence electrons. The molecule has 0 saturated heterocycles. The predicted octanol–water partition coefficient (Wildman–Crippen LogP) is 1.68. The van der Waals surface area contributed by atoms with Gasteiger partial charge in [0, 0.05) is 0 Å². The van der Waals surface area contributed by atoms with E-state index in [1.165, 1.54) is 17.9 Å². The molecule has 0 saturated carbocycles. The highest BCUT2D eigenvalue weighted by atomic mass is 16.5. The van der Waals surface area contributed by atoms with Gasteiger partial charge in [-0.2, -0.15) is 0 Å². The van der Waals surface area contributed by atoms with Gasteiger partial charge in [0.25, 0.3) is 5.91 Å². The molecule has 0 bridgehead atoms. The molecule has 0 aliphatic carbocycles. The topological polar surface area (TPSA) is 80.6 Å². The van der Waals surface area contributed by atoms with Crippen molar-refractivity contribution < 1.29 is 18.7 Å². The van der Waals surface area contributed by atoms with Crippen molar-refractivity contribution in [3.8, 4) is 5.75 Å². The number of rotatable bonds is 5. The number of benzene rings is 1. The molecule has 2 rings (SSSR count). The molecule has 1 heterocycles. The Kier molecular flexibility index (Phi) is 4.98. The van der Waals surface area contributed by atoms with Gasteiger partial charge >= 0.3 is 5.91 Å². The van der Waals surface area contributed by atoms with Crippen LogP contribution in [0.2, 0.25) is 0 Å². The summed E-state index contributed by atoms with van der Waals surface area (Å²) in [4.78, 5) is 23.0. The fourth-order valence-electron chi connectivity index (χ4n) is 1.60. The van der Waals surface area contributed by atoms with E-state index < -0.39 is 11.8 Å². The fourth-order valence-corrected chi connectivity index (χ4v) is 1.60. The number of ether oxygens (including phenoxy) is 1. The number of nitrogens with one attached hydrogen (secondary N) is 2. The number of aryl methyl sites for hydroxylation is 1. The molecule has 1 aromatic heterocycles. The third-order valence-corrected chi connectivity index (χ3v) is 2.76. The van der Waals surface area contributed by atoms with Crippen LogP contribution in [0.1, 0.15) is 23.0 Å². The van der Waals surface area contributed by atoms with Crippen LogP contribution in [0.5, 0.6) is 5.75 Å². The second-order valence-corrected chi connectivity index (χ2v) is 4.27. The summed E-state index contributed by atoms with van der Waals surface area (Å²) in [6, 6.07) is 10.5. The van der Waals surface area contributed by atoms with Gasteiger partial charge in [-0.15, -0.1) is 0 Å². The fraction of sp³-hybridized carbons (Fsp3) is 0.200. The molecule has 0 fully saturated rings. The van der Waals surface area contributed by atoms with Crippen LogP contribution in [0.15, 0.2) is 47.1 Å². The standard InChI is InChI=1S/C15H16N2O4/c1-2-11-5-7-12(8-6-11)21-10-14(18)16-17-15(19)13-4-3-9-20-13/h3-9H,2,10H2,1H3,(H,16,18)(H,17,19). The number of hydrogen-bond acceptors (Lipinski definition) is 4. The maximum absolute atomic E-state index is 11.5. The summed E-state index contributed by atoms with van der Waals surface area (Å²) in [5, 5.41) is 0. The van der Waals surface area contributed by atoms with E-state index in [-0.39, 0.29) is 12.4 Å². The molecule has 6 nitrogen and oxygen atoms in total. The summed E-state index contributed by atoms with van der Waals surface area (Å²) in [6.45, 7) is 1.87. The first kappa shape index (κ1) is 14.6. The van der Waals surface area contributed by atoms with Crippen LogP contribution in [0.4, 0.5) is 0 Å². The molecule has 21 heavy (non-hydrogen) atoms. The quantitative estimate of drug-likeness (QED) is 0.820. The highest BCUT2D eigenvalue weighted by Crippen LogP contribution is 2.12. The van der Waals surface area contributed by atoms with E-state index in [1.807, 2.05) is 12.1 Å². The van der Waals surface area contributed by atoms with Crippen LogP contribution in [0, 0.1) is 0 Å². The van der Waals surface area contributed by atoms with E-state index in [2.05, 4.69) is 17.8 Å². The Morgan fingerprint density at radius 3 is 2.52 bits per heavy atom. The largest absolute Gasteiger partial charge is 0.484 e. The Morgan fingerprint density at radius 1 is 1.14 bits per heavy atom. The molecule has 0 aliphatic heterocycles. The second-order valence-electron chi connectivity index (χ2n) is 4.27. The van der Waals surface area contributed by atoms with Crippen molar-refractivity contribution >= 4 is 11.8 Å². The van der Waals surface area contributed by atoms with Crippen LogP contribution < -0.4 is 15.6 Å². The number of hydrogen-bond donors (Lipinski definition) is 2. The molecule has 2 aromatic rings. The van der Waals surface area contributed by atoms with Gasteiger partial charge in [-0.1, -0.05) is 19.1 Å². The molecule has 1 aromatic carbocycles. The maximum Gasteiger partial charge on any atom is 0.305 e. The summed E-state index contributed by atoms with van der Waals surface area (Å²) < 4.78 is 10.2. The molecule has 0 atom stereocenters. The number of amides is 2. The van der Waals surface area contributed by atoms with Gasteiger partial charge in [0.2, 0.25) is 0 Å². The summed E-state index contributed by atoms with van der Waals surface area (Å²) >= 11 is 0. The Balaban J connectivity index is 1.73. The van der Waals surface area contributed by atoms with Crippen molar-refractivity contribution in [2.45, 2.75) is 13.3 Å². The van der Waals surface area contributed by atoms with Gasteiger partial charge < -0.3 is 9.15 Å². The Morgan fingerprint density at radius 2 is 1.90 bits per heavy atom. The molecular weight excluding hydrogens is 272 g/mol. The van der Waals surface area contributed by atoms with Crippen molar-refractivity contribution in [3.63, 3.8) is 0 Å². The lowest BCUT2D eigenvalue weighted by molar-refractivity contribution is -0.123. The van der Waals surface area contributed by atoms with Crippen molar-refractivity contribution in [3.05, 3.63) is 54.0 Å². The summed E-state index contributed by atoms with van der Waals surface area (Å²) in [5.41, 5.74) is 5.66. The highest BCUT2D eigenvalue weighted by Gasteiger charge is 2.09. The number of hydrazine groups is 1. The first-order valence-electron chi connectivity index (χ1n) is 6.53. The summed E-state index contributed by atoms with van der Waals surface area (Å²) in [7, 11) is 0. The lowest BCUT2D eigenvalue weighted by Crippen LogP contribution is -2.43. The normalized spacial score (nSPS) is 9.95. The van der Waals surface area contributed by atoms with Gasteiger partial charge in [-0.3, -0.25) is 20.4 Å². The van der Waals surface area contributed by atoms with E-state index in [0.717, 1.165) is 6.42 Å². The van der Waals surface area contributed by atoms with E-state index in [1.54, 1.807) is 18.2 Å². The Bertz CT molecular complexity index is 591. The zero-order valence-electron chi connectivity index (χ0n) is 11.6. The van der Waals surface area contributed by atoms with Gasteiger partial charge in [0.15, 0.2) is 12.4 Å². The molecule has 0 unspecified atom stereocenters. The lowest BCUT2D eigenvalue weighted by Gasteiger charge is -2.08. The predicted molar refractivity (Wildman–Crippen MR) is 75.6 cm³/mol. The van der Waals surface area contributed by atoms with Gasteiger partial charge in [-0.05, 0) is 36.2 Å². The number of carbonyl (C=O) groups is 2.